The molecule has 0 fully saturated rings. The van der Waals surface area contributed by atoms with Crippen LogP contribution in [-0.2, 0) is 28.9 Å². The minimum atomic E-state index is -0.496. The highest BCUT2D eigenvalue weighted by Gasteiger charge is 2.29. The number of esters is 1. The van der Waals surface area contributed by atoms with Crippen molar-refractivity contribution >= 4 is 63.2 Å². The summed E-state index contributed by atoms with van der Waals surface area (Å²) >= 11 is 15.0. The molecule has 1 amide bonds. The monoisotopic (exact) mass is 594 g/mol. The van der Waals surface area contributed by atoms with Gasteiger partial charge in [-0.1, -0.05) is 48.0 Å². The van der Waals surface area contributed by atoms with E-state index in [1.54, 1.807) is 24.3 Å². The summed E-state index contributed by atoms with van der Waals surface area (Å²) < 4.78 is 12.9. The second-order valence-electron chi connectivity index (χ2n) is 8.96. The second-order valence-corrected chi connectivity index (χ2v) is 11.9. The second kappa shape index (κ2) is 12.5. The van der Waals surface area contributed by atoms with Gasteiger partial charge in [0, 0.05) is 22.5 Å². The van der Waals surface area contributed by atoms with Crippen LogP contribution in [0.25, 0.3) is 0 Å². The van der Waals surface area contributed by atoms with Crippen LogP contribution in [-0.4, -0.2) is 39.5 Å². The van der Waals surface area contributed by atoms with Crippen LogP contribution in [0.2, 0.25) is 10.0 Å². The van der Waals surface area contributed by atoms with Crippen LogP contribution in [0.15, 0.2) is 36.0 Å². The number of ether oxygens (including phenoxy) is 2. The van der Waals surface area contributed by atoms with E-state index in [2.05, 4.69) is 29.0 Å². The fourth-order valence-electron chi connectivity index (χ4n) is 4.27. The molecular weight excluding hydrogens is 567 g/mol. The summed E-state index contributed by atoms with van der Waals surface area (Å²) in [6.45, 7) is 8.27. The van der Waals surface area contributed by atoms with E-state index in [1.807, 2.05) is 11.5 Å². The van der Waals surface area contributed by atoms with Crippen LogP contribution in [0.3, 0.4) is 0 Å². The molecule has 1 aliphatic rings. The number of hydrogen-bond donors (Lipinski definition) is 1. The maximum atomic E-state index is 12.9. The first-order valence-corrected chi connectivity index (χ1v) is 14.6. The average Bonchev–Trinajstić information content (AvgIpc) is 3.45. The van der Waals surface area contributed by atoms with Gasteiger partial charge in [-0.3, -0.25) is 9.36 Å². The van der Waals surface area contributed by atoms with E-state index in [0.717, 1.165) is 29.7 Å². The van der Waals surface area contributed by atoms with Gasteiger partial charge in [-0.2, -0.15) is 0 Å². The summed E-state index contributed by atoms with van der Waals surface area (Å²) in [5, 5.41) is 13.5. The highest BCUT2D eigenvalue weighted by molar-refractivity contribution is 7.99. The molecule has 0 spiro atoms. The topological polar surface area (TPSA) is 95.3 Å². The van der Waals surface area contributed by atoms with E-state index >= 15 is 0 Å². The molecule has 3 aromatic rings. The maximum absolute atomic E-state index is 12.9. The number of halogens is 2. The summed E-state index contributed by atoms with van der Waals surface area (Å²) in [5.41, 5.74) is 1.47. The number of amides is 1. The van der Waals surface area contributed by atoms with E-state index in [0.29, 0.717) is 49.8 Å². The van der Waals surface area contributed by atoms with Crippen molar-refractivity contribution in [1.82, 2.24) is 14.8 Å². The Kier molecular flexibility index (Phi) is 9.40. The zero-order chi connectivity index (χ0) is 27.4. The fourth-order valence-corrected chi connectivity index (χ4v) is 6.76. The zero-order valence-electron chi connectivity index (χ0n) is 21.3. The Balaban J connectivity index is 1.47. The highest BCUT2D eigenvalue weighted by Crippen LogP contribution is 2.40. The third-order valence-electron chi connectivity index (χ3n) is 6.10. The lowest BCUT2D eigenvalue weighted by Crippen LogP contribution is -2.17. The van der Waals surface area contributed by atoms with Gasteiger partial charge in [0.05, 0.1) is 23.4 Å². The normalized spacial score (nSPS) is 15.4. The third kappa shape index (κ3) is 6.36. The van der Waals surface area contributed by atoms with Gasteiger partial charge in [0.25, 0.3) is 0 Å². The molecule has 12 heteroatoms. The van der Waals surface area contributed by atoms with Crippen LogP contribution in [0.5, 0.6) is 5.75 Å². The minimum Gasteiger partial charge on any atom is -0.481 e. The standard InChI is InChI=1S/C26H28Cl2N4O4S2/c1-5-10-32-23(15(3)36-19-12-16(27)7-9-18(19)28)30-31-26(32)37-13-21(33)29-24-22(25(34)35-4)17-8-6-14(2)11-20(17)38-24/h5,7,9,12,14-15H,1,6,8,10-11,13H2,2-4H3,(H,29,33). The Morgan fingerprint density at radius 1 is 1.37 bits per heavy atom. The van der Waals surface area contributed by atoms with Gasteiger partial charge < -0.3 is 14.8 Å². The molecule has 1 aliphatic carbocycles. The van der Waals surface area contributed by atoms with E-state index in [4.69, 9.17) is 32.7 Å². The van der Waals surface area contributed by atoms with Crippen molar-refractivity contribution in [2.24, 2.45) is 5.92 Å². The predicted octanol–water partition coefficient (Wildman–Crippen LogP) is 6.61. The number of fused-ring (bicyclic) bond motifs is 1. The number of rotatable bonds is 10. The number of carbonyl (C=O) groups excluding carboxylic acids is 2. The first-order valence-electron chi connectivity index (χ1n) is 12.0. The van der Waals surface area contributed by atoms with E-state index in [9.17, 15) is 9.59 Å². The molecule has 0 aliphatic heterocycles. The van der Waals surface area contributed by atoms with Crippen LogP contribution in [0, 0.1) is 5.92 Å². The van der Waals surface area contributed by atoms with Gasteiger partial charge in [-0.25, -0.2) is 4.79 Å². The number of hydrogen-bond acceptors (Lipinski definition) is 8. The molecule has 2 aromatic heterocycles. The van der Waals surface area contributed by atoms with Gasteiger partial charge in [0.1, 0.15) is 10.8 Å². The van der Waals surface area contributed by atoms with Gasteiger partial charge >= 0.3 is 5.97 Å². The molecule has 2 unspecified atom stereocenters. The molecule has 0 saturated carbocycles. The van der Waals surface area contributed by atoms with Crippen molar-refractivity contribution in [1.29, 1.82) is 0 Å². The lowest BCUT2D eigenvalue weighted by Gasteiger charge is -2.18. The Bertz CT molecular complexity index is 1360. The van der Waals surface area contributed by atoms with Crippen molar-refractivity contribution in [2.45, 2.75) is 50.9 Å². The molecule has 1 N–H and O–H groups in total. The summed E-state index contributed by atoms with van der Waals surface area (Å²) in [6.07, 6.45) is 3.92. The van der Waals surface area contributed by atoms with E-state index in [-0.39, 0.29) is 11.7 Å². The van der Waals surface area contributed by atoms with E-state index < -0.39 is 12.1 Å². The van der Waals surface area contributed by atoms with Crippen molar-refractivity contribution in [3.05, 3.63) is 62.7 Å². The summed E-state index contributed by atoms with van der Waals surface area (Å²) in [4.78, 5) is 26.6. The minimum absolute atomic E-state index is 0.0736. The third-order valence-corrected chi connectivity index (χ3v) is 8.79. The van der Waals surface area contributed by atoms with Crippen LogP contribution in [0.4, 0.5) is 5.00 Å². The Morgan fingerprint density at radius 2 is 2.16 bits per heavy atom. The molecule has 202 valence electrons. The number of carbonyl (C=O) groups is 2. The zero-order valence-corrected chi connectivity index (χ0v) is 24.4. The van der Waals surface area contributed by atoms with Crippen LogP contribution in [0.1, 0.15) is 53.0 Å². The summed E-state index contributed by atoms with van der Waals surface area (Å²) in [6, 6.07) is 4.98. The molecular formula is C26H28Cl2N4O4S2. The van der Waals surface area contributed by atoms with Crippen molar-refractivity contribution in [3.8, 4) is 5.75 Å². The van der Waals surface area contributed by atoms with Gasteiger partial charge in [0.2, 0.25) is 5.91 Å². The number of nitrogens with one attached hydrogen (secondary N) is 1. The maximum Gasteiger partial charge on any atom is 0.341 e. The number of methoxy groups -OCH3 is 1. The van der Waals surface area contributed by atoms with Gasteiger partial charge in [0.15, 0.2) is 17.1 Å². The molecule has 0 saturated heterocycles. The summed E-state index contributed by atoms with van der Waals surface area (Å²) in [7, 11) is 1.36. The SMILES string of the molecule is C=CCn1c(SCC(=O)Nc2sc3c(c2C(=O)OC)CCC(C)C3)nnc1C(C)Oc1cc(Cl)ccc1Cl. The number of aromatic nitrogens is 3. The number of nitrogens with zero attached hydrogens (tertiary/aromatic N) is 3. The lowest BCUT2D eigenvalue weighted by atomic mass is 9.88. The lowest BCUT2D eigenvalue weighted by molar-refractivity contribution is -0.113. The Hall–Kier alpha value is -2.53. The quantitative estimate of drug-likeness (QED) is 0.160. The first kappa shape index (κ1) is 28.5. The number of allylic oxidation sites excluding steroid dienone is 1. The summed E-state index contributed by atoms with van der Waals surface area (Å²) in [5.74, 6) is 0.919. The van der Waals surface area contributed by atoms with Gasteiger partial charge in [-0.15, -0.1) is 28.1 Å². The van der Waals surface area contributed by atoms with Crippen LogP contribution >= 0.6 is 46.3 Å². The molecule has 8 nitrogen and oxygen atoms in total. The predicted molar refractivity (Wildman–Crippen MR) is 152 cm³/mol. The molecule has 2 atom stereocenters. The number of benzene rings is 1. The molecule has 38 heavy (non-hydrogen) atoms. The van der Waals surface area contributed by atoms with Crippen molar-refractivity contribution in [3.63, 3.8) is 0 Å². The molecule has 2 heterocycles. The Labute approximate surface area is 239 Å². The van der Waals surface area contributed by atoms with Gasteiger partial charge in [-0.05, 0) is 49.8 Å². The smallest absolute Gasteiger partial charge is 0.341 e. The van der Waals surface area contributed by atoms with Crippen molar-refractivity contribution < 1.29 is 19.1 Å². The molecule has 4 rings (SSSR count). The number of thioether (sulfide) groups is 1. The van der Waals surface area contributed by atoms with E-state index in [1.165, 1.54) is 30.2 Å². The average molecular weight is 596 g/mol. The highest BCUT2D eigenvalue weighted by atomic mass is 35.5. The first-order chi connectivity index (χ1) is 18.2. The molecule has 0 radical (unpaired) electrons. The Morgan fingerprint density at radius 3 is 2.89 bits per heavy atom. The fraction of sp³-hybridized carbons (Fsp3) is 0.385. The number of thiophene rings is 1. The molecule has 0 bridgehead atoms. The number of anilines is 1. The largest absolute Gasteiger partial charge is 0.481 e. The molecule has 1 aromatic carbocycles. The van der Waals surface area contributed by atoms with Crippen LogP contribution < -0.4 is 10.1 Å². The van der Waals surface area contributed by atoms with Crippen molar-refractivity contribution in [2.75, 3.05) is 18.2 Å².